The van der Waals surface area contributed by atoms with E-state index in [1.54, 1.807) is 4.68 Å². The Hall–Kier alpha value is -1.75. The molecule has 1 heterocycles. The Labute approximate surface area is 114 Å². The number of aryl methyl sites for hydroxylation is 1. The van der Waals surface area contributed by atoms with Crippen LogP contribution >= 0.6 is 0 Å². The number of nitrogens with zero attached hydrogens (tertiary/aromatic N) is 4. The smallest absolute Gasteiger partial charge is 0.176 e. The van der Waals surface area contributed by atoms with E-state index in [0.29, 0.717) is 6.04 Å². The van der Waals surface area contributed by atoms with E-state index in [-0.39, 0.29) is 5.54 Å². The van der Waals surface area contributed by atoms with Gasteiger partial charge in [-0.15, -0.1) is 5.10 Å². The standard InChI is InChI=1S/C14H21N5/c1-10(2)15-14(4,5)13-16-17-18-19(13)12-8-6-11(3)7-9-12/h6-10,15H,1-5H3. The van der Waals surface area contributed by atoms with E-state index in [1.165, 1.54) is 5.56 Å². The van der Waals surface area contributed by atoms with E-state index < -0.39 is 0 Å². The maximum Gasteiger partial charge on any atom is 0.176 e. The van der Waals surface area contributed by atoms with Crippen LogP contribution in [0, 0.1) is 6.92 Å². The third kappa shape index (κ3) is 2.98. The predicted molar refractivity (Wildman–Crippen MR) is 75.2 cm³/mol. The largest absolute Gasteiger partial charge is 0.303 e. The summed E-state index contributed by atoms with van der Waals surface area (Å²) in [5.74, 6) is 0.810. The molecule has 0 spiro atoms. The van der Waals surface area contributed by atoms with E-state index in [1.807, 2.05) is 12.1 Å². The van der Waals surface area contributed by atoms with Gasteiger partial charge < -0.3 is 5.32 Å². The van der Waals surface area contributed by atoms with E-state index >= 15 is 0 Å². The van der Waals surface area contributed by atoms with Crippen molar-refractivity contribution in [3.63, 3.8) is 0 Å². The van der Waals surface area contributed by atoms with Crippen molar-refractivity contribution in [1.82, 2.24) is 25.5 Å². The Bertz CT molecular complexity index is 539. The first kappa shape index (κ1) is 13.7. The zero-order valence-corrected chi connectivity index (χ0v) is 12.2. The fraction of sp³-hybridized carbons (Fsp3) is 0.500. The summed E-state index contributed by atoms with van der Waals surface area (Å²) in [5, 5.41) is 15.6. The first-order chi connectivity index (χ1) is 8.90. The van der Waals surface area contributed by atoms with Gasteiger partial charge >= 0.3 is 0 Å². The van der Waals surface area contributed by atoms with Crippen LogP contribution in [-0.4, -0.2) is 26.2 Å². The molecule has 0 aliphatic rings. The number of aromatic nitrogens is 4. The summed E-state index contributed by atoms with van der Waals surface area (Å²) in [6, 6.07) is 8.53. The minimum atomic E-state index is -0.289. The molecule has 0 amide bonds. The second kappa shape index (κ2) is 5.09. The van der Waals surface area contributed by atoms with E-state index in [0.717, 1.165) is 11.5 Å². The molecule has 0 saturated carbocycles. The van der Waals surface area contributed by atoms with Crippen LogP contribution in [0.1, 0.15) is 39.1 Å². The average Bonchev–Trinajstić information content (AvgIpc) is 2.78. The van der Waals surface area contributed by atoms with Crippen LogP contribution in [0.5, 0.6) is 0 Å². The molecule has 0 unspecified atom stereocenters. The Morgan fingerprint density at radius 2 is 1.79 bits per heavy atom. The summed E-state index contributed by atoms with van der Waals surface area (Å²) < 4.78 is 1.79. The SMILES string of the molecule is Cc1ccc(-n2nnnc2C(C)(C)NC(C)C)cc1. The predicted octanol–water partition coefficient (Wildman–Crippen LogP) is 2.20. The molecule has 0 atom stereocenters. The van der Waals surface area contributed by atoms with E-state index in [9.17, 15) is 0 Å². The normalized spacial score (nSPS) is 12.1. The minimum Gasteiger partial charge on any atom is -0.303 e. The van der Waals surface area contributed by atoms with Crippen LogP contribution in [0.4, 0.5) is 0 Å². The second-order valence-electron chi connectivity index (χ2n) is 5.67. The van der Waals surface area contributed by atoms with Crippen LogP contribution in [0.25, 0.3) is 5.69 Å². The number of tetrazole rings is 1. The molecule has 5 heteroatoms. The molecule has 1 N–H and O–H groups in total. The molecule has 5 nitrogen and oxygen atoms in total. The van der Waals surface area contributed by atoms with Gasteiger partial charge in [-0.2, -0.15) is 4.68 Å². The average molecular weight is 259 g/mol. The molecule has 0 bridgehead atoms. The lowest BCUT2D eigenvalue weighted by Crippen LogP contribution is -2.43. The van der Waals surface area contributed by atoms with Gasteiger partial charge in [0.2, 0.25) is 0 Å². The fourth-order valence-electron chi connectivity index (χ4n) is 2.22. The van der Waals surface area contributed by atoms with Crippen molar-refractivity contribution in [2.24, 2.45) is 0 Å². The summed E-state index contributed by atoms with van der Waals surface area (Å²) in [6.07, 6.45) is 0. The zero-order chi connectivity index (χ0) is 14.0. The van der Waals surface area contributed by atoms with Crippen molar-refractivity contribution in [3.05, 3.63) is 35.7 Å². The maximum absolute atomic E-state index is 4.18. The Balaban J connectivity index is 2.39. The third-order valence-electron chi connectivity index (χ3n) is 2.96. The number of nitrogens with one attached hydrogen (secondary N) is 1. The molecule has 0 saturated heterocycles. The Morgan fingerprint density at radius 3 is 2.37 bits per heavy atom. The summed E-state index contributed by atoms with van der Waals surface area (Å²) in [4.78, 5) is 0. The van der Waals surface area contributed by atoms with Crippen molar-refractivity contribution in [1.29, 1.82) is 0 Å². The lowest BCUT2D eigenvalue weighted by Gasteiger charge is -2.27. The third-order valence-corrected chi connectivity index (χ3v) is 2.96. The van der Waals surface area contributed by atoms with Crippen LogP contribution in [0.3, 0.4) is 0 Å². The summed E-state index contributed by atoms with van der Waals surface area (Å²) in [6.45, 7) is 10.5. The lowest BCUT2D eigenvalue weighted by molar-refractivity contribution is 0.340. The summed E-state index contributed by atoms with van der Waals surface area (Å²) in [7, 11) is 0. The van der Waals surface area contributed by atoms with Crippen LogP contribution in [0.2, 0.25) is 0 Å². The van der Waals surface area contributed by atoms with Crippen LogP contribution in [0.15, 0.2) is 24.3 Å². The van der Waals surface area contributed by atoms with Gasteiger partial charge in [-0.1, -0.05) is 17.7 Å². The second-order valence-corrected chi connectivity index (χ2v) is 5.67. The highest BCUT2D eigenvalue weighted by Crippen LogP contribution is 2.20. The molecule has 102 valence electrons. The number of hydrogen-bond acceptors (Lipinski definition) is 4. The van der Waals surface area contributed by atoms with Gasteiger partial charge in [-0.05, 0) is 57.2 Å². The van der Waals surface area contributed by atoms with Crippen molar-refractivity contribution in [2.45, 2.75) is 46.2 Å². The number of hydrogen-bond donors (Lipinski definition) is 1. The lowest BCUT2D eigenvalue weighted by atomic mass is 10.0. The van der Waals surface area contributed by atoms with Crippen LogP contribution in [-0.2, 0) is 5.54 Å². The molecule has 1 aromatic carbocycles. The van der Waals surface area contributed by atoms with Crippen LogP contribution < -0.4 is 5.32 Å². The molecule has 0 aliphatic heterocycles. The molecule has 19 heavy (non-hydrogen) atoms. The molecule has 2 aromatic rings. The number of rotatable bonds is 4. The molecule has 2 rings (SSSR count). The van der Waals surface area contributed by atoms with Gasteiger partial charge in [-0.25, -0.2) is 0 Å². The number of benzene rings is 1. The van der Waals surface area contributed by atoms with Gasteiger partial charge in [0, 0.05) is 6.04 Å². The molecular weight excluding hydrogens is 238 g/mol. The first-order valence-electron chi connectivity index (χ1n) is 6.54. The summed E-state index contributed by atoms with van der Waals surface area (Å²) >= 11 is 0. The van der Waals surface area contributed by atoms with Gasteiger partial charge in [0.25, 0.3) is 0 Å². The minimum absolute atomic E-state index is 0.289. The maximum atomic E-state index is 4.18. The molecule has 0 fully saturated rings. The highest BCUT2D eigenvalue weighted by molar-refractivity contribution is 5.34. The van der Waals surface area contributed by atoms with Gasteiger partial charge in [0.05, 0.1) is 11.2 Å². The molecule has 0 aliphatic carbocycles. The van der Waals surface area contributed by atoms with E-state index in [4.69, 9.17) is 0 Å². The zero-order valence-electron chi connectivity index (χ0n) is 12.2. The Kier molecular flexibility index (Phi) is 3.66. The Morgan fingerprint density at radius 1 is 1.16 bits per heavy atom. The quantitative estimate of drug-likeness (QED) is 0.914. The monoisotopic (exact) mass is 259 g/mol. The topological polar surface area (TPSA) is 55.6 Å². The highest BCUT2D eigenvalue weighted by Gasteiger charge is 2.28. The van der Waals surface area contributed by atoms with Gasteiger partial charge in [0.15, 0.2) is 5.82 Å². The van der Waals surface area contributed by atoms with Crippen molar-refractivity contribution in [2.75, 3.05) is 0 Å². The van der Waals surface area contributed by atoms with Gasteiger partial charge in [-0.3, -0.25) is 0 Å². The first-order valence-corrected chi connectivity index (χ1v) is 6.54. The van der Waals surface area contributed by atoms with Crippen molar-refractivity contribution in [3.8, 4) is 5.69 Å². The molecular formula is C14H21N5. The highest BCUT2D eigenvalue weighted by atomic mass is 15.6. The summed E-state index contributed by atoms with van der Waals surface area (Å²) in [5.41, 5.74) is 1.91. The van der Waals surface area contributed by atoms with E-state index in [2.05, 4.69) is 67.6 Å². The molecule has 1 aromatic heterocycles. The van der Waals surface area contributed by atoms with Gasteiger partial charge in [0.1, 0.15) is 0 Å². The van der Waals surface area contributed by atoms with Crippen molar-refractivity contribution >= 4 is 0 Å². The molecule has 0 radical (unpaired) electrons. The fourth-order valence-corrected chi connectivity index (χ4v) is 2.22. The van der Waals surface area contributed by atoms with Crippen molar-refractivity contribution < 1.29 is 0 Å².